The third-order valence-electron chi connectivity index (χ3n) is 4.76. The van der Waals surface area contributed by atoms with E-state index in [-0.39, 0.29) is 11.7 Å². The summed E-state index contributed by atoms with van der Waals surface area (Å²) in [5.74, 6) is -0.108. The van der Waals surface area contributed by atoms with Crippen LogP contribution in [0.3, 0.4) is 0 Å². The minimum atomic E-state index is -3.07. The quantitative estimate of drug-likeness (QED) is 0.695. The summed E-state index contributed by atoms with van der Waals surface area (Å²) in [6.45, 7) is 9.13. The van der Waals surface area contributed by atoms with Crippen molar-refractivity contribution in [3.8, 4) is 0 Å². The zero-order chi connectivity index (χ0) is 21.4. The van der Waals surface area contributed by atoms with E-state index in [9.17, 15) is 14.1 Å². The molecule has 3 aromatic rings. The van der Waals surface area contributed by atoms with Crippen molar-refractivity contribution in [1.29, 1.82) is 0 Å². The van der Waals surface area contributed by atoms with E-state index in [1.807, 2.05) is 40.7 Å². The molecule has 0 bridgehead atoms. The van der Waals surface area contributed by atoms with Crippen LogP contribution < -0.4 is 5.56 Å². The Morgan fingerprint density at radius 3 is 2.21 bits per heavy atom. The van der Waals surface area contributed by atoms with Crippen molar-refractivity contribution >= 4 is 20.6 Å². The van der Waals surface area contributed by atoms with E-state index in [0.29, 0.717) is 15.8 Å². The lowest BCUT2D eigenvalue weighted by Crippen LogP contribution is -2.32. The lowest BCUT2D eigenvalue weighted by atomic mass is 10.1. The van der Waals surface area contributed by atoms with Gasteiger partial charge in [0.2, 0.25) is 0 Å². The van der Waals surface area contributed by atoms with E-state index >= 15 is 0 Å². The number of aliphatic hydroxyl groups excluding tert-OH is 1. The van der Waals surface area contributed by atoms with E-state index in [1.54, 1.807) is 48.5 Å². The van der Waals surface area contributed by atoms with Gasteiger partial charge in [-0.15, -0.1) is 4.47 Å². The molecule has 0 amide bonds. The van der Waals surface area contributed by atoms with Crippen LogP contribution in [0.5, 0.6) is 0 Å². The van der Waals surface area contributed by atoms with E-state index in [0.717, 1.165) is 4.68 Å². The van der Waals surface area contributed by atoms with E-state index in [2.05, 4.69) is 9.46 Å². The minimum absolute atomic E-state index is 0.0941. The lowest BCUT2D eigenvalue weighted by molar-refractivity contribution is 0.113. The third-order valence-corrected chi connectivity index (χ3v) is 7.73. The fourth-order valence-corrected chi connectivity index (χ4v) is 4.91. The number of para-hydroxylation sites is 1. The summed E-state index contributed by atoms with van der Waals surface area (Å²) in [7, 11) is -3.07. The summed E-state index contributed by atoms with van der Waals surface area (Å²) < 4.78 is 19.0. The van der Waals surface area contributed by atoms with Crippen molar-refractivity contribution in [3.63, 3.8) is 0 Å². The van der Waals surface area contributed by atoms with Gasteiger partial charge in [0.1, 0.15) is 15.8 Å². The predicted octanol–water partition coefficient (Wildman–Crippen LogP) is 4.17. The molecule has 0 radical (unpaired) electrons. The first-order valence-corrected chi connectivity index (χ1v) is 11.1. The highest BCUT2D eigenvalue weighted by Gasteiger charge is 2.31. The maximum absolute atomic E-state index is 14.2. The summed E-state index contributed by atoms with van der Waals surface area (Å²) >= 11 is 0. The van der Waals surface area contributed by atoms with Crippen LogP contribution in [0.2, 0.25) is 0 Å². The van der Waals surface area contributed by atoms with Crippen molar-refractivity contribution in [2.24, 2.45) is 10.4 Å². The van der Waals surface area contributed by atoms with Gasteiger partial charge in [-0.25, -0.2) is 9.19 Å². The van der Waals surface area contributed by atoms with Gasteiger partial charge < -0.3 is 5.11 Å². The second-order valence-corrected chi connectivity index (χ2v) is 11.2. The second kappa shape index (κ2) is 7.72. The van der Waals surface area contributed by atoms with Gasteiger partial charge in [-0.3, -0.25) is 4.79 Å². The van der Waals surface area contributed by atoms with Crippen molar-refractivity contribution in [1.82, 2.24) is 9.66 Å². The number of aromatic nitrogens is 2. The number of aliphatic hydroxyl groups is 1. The van der Waals surface area contributed by atoms with Crippen LogP contribution in [-0.4, -0.2) is 23.7 Å². The van der Waals surface area contributed by atoms with Gasteiger partial charge in [0, 0.05) is 4.90 Å². The lowest BCUT2D eigenvalue weighted by Gasteiger charge is -2.25. The molecule has 154 valence electrons. The molecule has 0 saturated heterocycles. The highest BCUT2D eigenvalue weighted by molar-refractivity contribution is 7.95. The Kier molecular flexibility index (Phi) is 5.65. The van der Waals surface area contributed by atoms with Crippen LogP contribution in [0.25, 0.3) is 10.9 Å². The Morgan fingerprint density at radius 2 is 1.62 bits per heavy atom. The van der Waals surface area contributed by atoms with E-state index < -0.39 is 26.1 Å². The molecular formula is C22H27N3O3S. The Balaban J connectivity index is 2.47. The molecule has 0 aliphatic rings. The molecule has 0 unspecified atom stereocenters. The number of hydrogen-bond donors (Lipinski definition) is 1. The molecule has 1 N–H and O–H groups in total. The van der Waals surface area contributed by atoms with Crippen molar-refractivity contribution in [2.75, 3.05) is 0 Å². The summed E-state index contributed by atoms with van der Waals surface area (Å²) in [6, 6.07) is 15.8. The molecule has 2 atom stereocenters. The monoisotopic (exact) mass is 413 g/mol. The van der Waals surface area contributed by atoms with E-state index in [1.165, 1.54) is 0 Å². The molecule has 1 heterocycles. The highest BCUT2D eigenvalue weighted by Crippen LogP contribution is 2.29. The predicted molar refractivity (Wildman–Crippen MR) is 116 cm³/mol. The van der Waals surface area contributed by atoms with Crippen LogP contribution in [0.4, 0.5) is 0 Å². The SMILES string of the molecule is CC(C)[C@H](O)c1nc2ccccc2c(=O)n1N=[S@@](=O)(c1ccccc1)C(C)(C)C. The first kappa shape index (κ1) is 21.2. The number of benzene rings is 2. The number of fused-ring (bicyclic) bond motifs is 1. The topological polar surface area (TPSA) is 84.6 Å². The van der Waals surface area contributed by atoms with Crippen molar-refractivity contribution in [2.45, 2.75) is 50.4 Å². The summed E-state index contributed by atoms with van der Waals surface area (Å²) in [5.41, 5.74) is 0.0267. The van der Waals surface area contributed by atoms with Crippen LogP contribution >= 0.6 is 0 Å². The van der Waals surface area contributed by atoms with Gasteiger partial charge in [0.05, 0.1) is 15.6 Å². The first-order valence-electron chi connectivity index (χ1n) is 9.58. The molecule has 0 saturated carbocycles. The van der Waals surface area contributed by atoms with Crippen LogP contribution in [0, 0.1) is 5.92 Å². The fraction of sp³-hybridized carbons (Fsp3) is 0.364. The summed E-state index contributed by atoms with van der Waals surface area (Å²) in [5, 5.41) is 11.1. The Labute approximate surface area is 171 Å². The van der Waals surface area contributed by atoms with Gasteiger partial charge in [-0.2, -0.15) is 4.68 Å². The van der Waals surface area contributed by atoms with Crippen molar-refractivity contribution in [3.05, 3.63) is 70.8 Å². The van der Waals surface area contributed by atoms with E-state index in [4.69, 9.17) is 0 Å². The van der Waals surface area contributed by atoms with Gasteiger partial charge in [-0.1, -0.05) is 44.2 Å². The average Bonchev–Trinajstić information content (AvgIpc) is 2.69. The van der Waals surface area contributed by atoms with Crippen molar-refractivity contribution < 1.29 is 9.32 Å². The minimum Gasteiger partial charge on any atom is -0.385 e. The first-order chi connectivity index (χ1) is 13.6. The molecule has 0 spiro atoms. The molecule has 3 rings (SSSR count). The molecule has 29 heavy (non-hydrogen) atoms. The van der Waals surface area contributed by atoms with Gasteiger partial charge in [0.25, 0.3) is 5.56 Å². The molecule has 1 aromatic heterocycles. The fourth-order valence-electron chi connectivity index (χ4n) is 2.95. The highest BCUT2D eigenvalue weighted by atomic mass is 32.2. The number of hydrogen-bond acceptors (Lipinski definition) is 5. The largest absolute Gasteiger partial charge is 0.385 e. The Bertz CT molecular complexity index is 1200. The third kappa shape index (κ3) is 3.84. The number of nitrogens with zero attached hydrogens (tertiary/aromatic N) is 3. The number of rotatable bonds is 4. The Hall–Kier alpha value is -2.51. The molecule has 6 nitrogen and oxygen atoms in total. The van der Waals surface area contributed by atoms with Gasteiger partial charge >= 0.3 is 0 Å². The van der Waals surface area contributed by atoms with Gasteiger partial charge in [-0.05, 0) is 51.0 Å². The van der Waals surface area contributed by atoms with Crippen LogP contribution in [0.15, 0.2) is 68.8 Å². The molecule has 0 aliphatic carbocycles. The second-order valence-electron chi connectivity index (χ2n) is 8.33. The standard InChI is InChI=1S/C22H27N3O3S/c1-15(2)19(26)20-23-18-14-10-9-13-17(18)21(27)25(20)24-29(28,22(3,4)5)16-11-7-6-8-12-16/h6-15,19,26H,1-5H3/t19-,29+/m0/s1. The smallest absolute Gasteiger partial charge is 0.282 e. The van der Waals surface area contributed by atoms with Gasteiger partial charge in [0.15, 0.2) is 5.82 Å². The Morgan fingerprint density at radius 1 is 1.03 bits per heavy atom. The molecule has 2 aromatic carbocycles. The molecule has 0 aliphatic heterocycles. The average molecular weight is 414 g/mol. The normalized spacial score (nSPS) is 15.3. The van der Waals surface area contributed by atoms with Crippen LogP contribution in [-0.2, 0) is 9.73 Å². The zero-order valence-electron chi connectivity index (χ0n) is 17.4. The summed E-state index contributed by atoms with van der Waals surface area (Å²) in [6.07, 6.45) is -1.03. The maximum Gasteiger partial charge on any atom is 0.282 e. The zero-order valence-corrected chi connectivity index (χ0v) is 18.2. The molecule has 7 heteroatoms. The summed E-state index contributed by atoms with van der Waals surface area (Å²) in [4.78, 5) is 18.3. The molecular weight excluding hydrogens is 386 g/mol. The molecule has 0 fully saturated rings. The van der Waals surface area contributed by atoms with Crippen LogP contribution in [0.1, 0.15) is 46.5 Å². The maximum atomic E-state index is 14.2.